The molecule has 0 radical (unpaired) electrons. The molecule has 7 heteroatoms. The third-order valence-electron chi connectivity index (χ3n) is 6.49. The van der Waals surface area contributed by atoms with Crippen molar-refractivity contribution < 1.29 is 19.1 Å². The molecule has 1 atom stereocenters. The van der Waals surface area contributed by atoms with Gasteiger partial charge in [0.25, 0.3) is 11.8 Å². The first-order valence-corrected chi connectivity index (χ1v) is 11.8. The number of piperidine rings is 1. The van der Waals surface area contributed by atoms with E-state index in [1.54, 1.807) is 37.4 Å². The zero-order valence-corrected chi connectivity index (χ0v) is 19.4. The Morgan fingerprint density at radius 3 is 2.48 bits per heavy atom. The van der Waals surface area contributed by atoms with Gasteiger partial charge < -0.3 is 25.0 Å². The van der Waals surface area contributed by atoms with Gasteiger partial charge in [-0.1, -0.05) is 6.92 Å². The number of methoxy groups -OCH3 is 1. The van der Waals surface area contributed by atoms with E-state index in [1.807, 2.05) is 12.1 Å². The predicted octanol–water partition coefficient (Wildman–Crippen LogP) is 4.09. The fraction of sp³-hybridized carbons (Fsp3) is 0.462. The maximum atomic E-state index is 13.2. The number of rotatable bonds is 7. The van der Waals surface area contributed by atoms with Gasteiger partial charge in [0.15, 0.2) is 0 Å². The summed E-state index contributed by atoms with van der Waals surface area (Å²) >= 11 is 0. The molecular weight excluding hydrogens is 418 g/mol. The molecule has 33 heavy (non-hydrogen) atoms. The summed E-state index contributed by atoms with van der Waals surface area (Å²) in [5, 5.41) is 5.96. The minimum Gasteiger partial charge on any atom is -0.497 e. The third kappa shape index (κ3) is 5.85. The Bertz CT molecular complexity index is 962. The van der Waals surface area contributed by atoms with Crippen LogP contribution in [0.2, 0.25) is 0 Å². The van der Waals surface area contributed by atoms with Crippen molar-refractivity contribution in [2.45, 2.75) is 38.7 Å². The summed E-state index contributed by atoms with van der Waals surface area (Å²) in [5.74, 6) is 1.01. The van der Waals surface area contributed by atoms with Crippen molar-refractivity contribution in [3.05, 3.63) is 53.6 Å². The molecule has 176 valence electrons. The highest BCUT2D eigenvalue weighted by molar-refractivity contribution is 6.06. The first-order chi connectivity index (χ1) is 16.0. The van der Waals surface area contributed by atoms with Crippen molar-refractivity contribution in [3.8, 4) is 5.75 Å². The smallest absolute Gasteiger partial charge is 0.255 e. The molecular formula is C26H33N3O4. The second kappa shape index (κ2) is 10.7. The van der Waals surface area contributed by atoms with Crippen LogP contribution in [0, 0.1) is 5.92 Å². The van der Waals surface area contributed by atoms with Crippen molar-refractivity contribution in [3.63, 3.8) is 0 Å². The van der Waals surface area contributed by atoms with Crippen molar-refractivity contribution in [2.24, 2.45) is 5.92 Å². The Morgan fingerprint density at radius 2 is 1.82 bits per heavy atom. The molecule has 2 saturated heterocycles. The van der Waals surface area contributed by atoms with Crippen LogP contribution >= 0.6 is 0 Å². The molecule has 2 aromatic carbocycles. The van der Waals surface area contributed by atoms with Gasteiger partial charge in [-0.15, -0.1) is 0 Å². The van der Waals surface area contributed by atoms with Crippen LogP contribution in [-0.2, 0) is 4.74 Å². The minimum atomic E-state index is -0.233. The van der Waals surface area contributed by atoms with Crippen molar-refractivity contribution in [1.82, 2.24) is 5.32 Å². The van der Waals surface area contributed by atoms with E-state index in [-0.39, 0.29) is 17.9 Å². The Balaban J connectivity index is 1.52. The third-order valence-corrected chi connectivity index (χ3v) is 6.49. The van der Waals surface area contributed by atoms with E-state index < -0.39 is 0 Å². The number of ether oxygens (including phenoxy) is 2. The van der Waals surface area contributed by atoms with Gasteiger partial charge in [0.1, 0.15) is 5.75 Å². The monoisotopic (exact) mass is 451 g/mol. The van der Waals surface area contributed by atoms with Crippen LogP contribution in [0.4, 0.5) is 11.4 Å². The molecule has 4 rings (SSSR count). The van der Waals surface area contributed by atoms with E-state index >= 15 is 0 Å². The van der Waals surface area contributed by atoms with Crippen molar-refractivity contribution in [1.29, 1.82) is 0 Å². The fourth-order valence-corrected chi connectivity index (χ4v) is 4.37. The predicted molar refractivity (Wildman–Crippen MR) is 129 cm³/mol. The average Bonchev–Trinajstić information content (AvgIpc) is 3.37. The number of nitrogens with one attached hydrogen (secondary N) is 2. The lowest BCUT2D eigenvalue weighted by Gasteiger charge is -2.33. The quantitative estimate of drug-likeness (QED) is 0.663. The average molecular weight is 452 g/mol. The van der Waals surface area contributed by atoms with Crippen molar-refractivity contribution >= 4 is 23.2 Å². The van der Waals surface area contributed by atoms with E-state index in [0.29, 0.717) is 35.0 Å². The molecule has 0 spiro atoms. The Labute approximate surface area is 195 Å². The van der Waals surface area contributed by atoms with Crippen LogP contribution in [0.5, 0.6) is 5.75 Å². The number of carbonyl (C=O) groups excluding carboxylic acids is 2. The van der Waals surface area contributed by atoms with Gasteiger partial charge in [-0.05, 0) is 74.1 Å². The molecule has 2 heterocycles. The van der Waals surface area contributed by atoms with E-state index in [2.05, 4.69) is 22.5 Å². The second-order valence-electron chi connectivity index (χ2n) is 8.93. The fourth-order valence-electron chi connectivity index (χ4n) is 4.37. The highest BCUT2D eigenvalue weighted by Crippen LogP contribution is 2.29. The first kappa shape index (κ1) is 23.1. The van der Waals surface area contributed by atoms with Gasteiger partial charge in [0.05, 0.1) is 18.8 Å². The summed E-state index contributed by atoms with van der Waals surface area (Å²) < 4.78 is 10.8. The molecule has 0 aliphatic carbocycles. The van der Waals surface area contributed by atoms with Crippen LogP contribution < -0.4 is 20.3 Å². The molecule has 0 saturated carbocycles. The molecule has 0 bridgehead atoms. The summed E-state index contributed by atoms with van der Waals surface area (Å²) in [4.78, 5) is 28.2. The number of hydrogen-bond donors (Lipinski definition) is 2. The Kier molecular flexibility index (Phi) is 7.50. The second-order valence-corrected chi connectivity index (χ2v) is 8.93. The van der Waals surface area contributed by atoms with Crippen molar-refractivity contribution in [2.75, 3.05) is 43.6 Å². The molecule has 7 nitrogen and oxygen atoms in total. The number of anilines is 2. The standard InChI is InChI=1S/C26H33N3O4/c1-18-11-13-29(14-12-18)24-10-7-20(28-25(30)19-5-8-21(32-2)9-6-19)16-23(24)26(31)27-17-22-4-3-15-33-22/h5-10,16,18,22H,3-4,11-15,17H2,1-2H3,(H,27,31)(H,28,30). The van der Waals surface area contributed by atoms with Gasteiger partial charge in [0, 0.05) is 43.2 Å². The maximum Gasteiger partial charge on any atom is 0.255 e. The van der Waals surface area contributed by atoms with Gasteiger partial charge in [0.2, 0.25) is 0 Å². The lowest BCUT2D eigenvalue weighted by Crippen LogP contribution is -2.36. The molecule has 2 aromatic rings. The van der Waals surface area contributed by atoms with Crippen LogP contribution in [0.25, 0.3) is 0 Å². The summed E-state index contributed by atoms with van der Waals surface area (Å²) in [5.41, 5.74) is 2.60. The van der Waals surface area contributed by atoms with E-state index in [1.165, 1.54) is 0 Å². The molecule has 2 amide bonds. The zero-order valence-electron chi connectivity index (χ0n) is 19.4. The number of benzene rings is 2. The van der Waals surface area contributed by atoms with E-state index in [4.69, 9.17) is 9.47 Å². The maximum absolute atomic E-state index is 13.2. The Morgan fingerprint density at radius 1 is 1.06 bits per heavy atom. The normalized spacial score (nSPS) is 18.7. The van der Waals surface area contributed by atoms with Gasteiger partial charge >= 0.3 is 0 Å². The number of hydrogen-bond acceptors (Lipinski definition) is 5. The molecule has 1 unspecified atom stereocenters. The highest BCUT2D eigenvalue weighted by Gasteiger charge is 2.23. The van der Waals surface area contributed by atoms with Gasteiger partial charge in [-0.25, -0.2) is 0 Å². The lowest BCUT2D eigenvalue weighted by atomic mass is 9.97. The lowest BCUT2D eigenvalue weighted by molar-refractivity contribution is 0.0858. The molecule has 2 fully saturated rings. The summed E-state index contributed by atoms with van der Waals surface area (Å²) in [6.45, 7) is 5.36. The number of amides is 2. The molecule has 2 aliphatic heterocycles. The summed E-state index contributed by atoms with van der Waals surface area (Å²) in [7, 11) is 1.59. The van der Waals surface area contributed by atoms with Crippen LogP contribution in [0.15, 0.2) is 42.5 Å². The summed E-state index contributed by atoms with van der Waals surface area (Å²) in [6.07, 6.45) is 4.28. The van der Waals surface area contributed by atoms with Crippen LogP contribution in [0.1, 0.15) is 53.3 Å². The number of carbonyl (C=O) groups is 2. The van der Waals surface area contributed by atoms with E-state index in [0.717, 1.165) is 51.1 Å². The Hall–Kier alpha value is -3.06. The summed E-state index contributed by atoms with van der Waals surface area (Å²) in [6, 6.07) is 12.5. The minimum absolute atomic E-state index is 0.0752. The van der Waals surface area contributed by atoms with Crippen LogP contribution in [0.3, 0.4) is 0 Å². The van der Waals surface area contributed by atoms with Gasteiger partial charge in [-0.2, -0.15) is 0 Å². The molecule has 0 aromatic heterocycles. The first-order valence-electron chi connectivity index (χ1n) is 11.8. The topological polar surface area (TPSA) is 79.9 Å². The largest absolute Gasteiger partial charge is 0.497 e. The number of nitrogens with zero attached hydrogens (tertiary/aromatic N) is 1. The highest BCUT2D eigenvalue weighted by atomic mass is 16.5. The molecule has 2 N–H and O–H groups in total. The molecule has 2 aliphatic rings. The SMILES string of the molecule is COc1ccc(C(=O)Nc2ccc(N3CCC(C)CC3)c(C(=O)NCC3CCCO3)c2)cc1. The van der Waals surface area contributed by atoms with E-state index in [9.17, 15) is 9.59 Å². The zero-order chi connectivity index (χ0) is 23.2. The van der Waals surface area contributed by atoms with Gasteiger partial charge in [-0.3, -0.25) is 9.59 Å². The van der Waals surface area contributed by atoms with Crippen LogP contribution in [-0.4, -0.2) is 51.3 Å².